The van der Waals surface area contributed by atoms with Gasteiger partial charge in [0, 0.05) is 12.3 Å². The Bertz CT molecular complexity index is 1220. The second kappa shape index (κ2) is 6.42. The minimum Gasteiger partial charge on any atom is -0.438 e. The second-order valence-electron chi connectivity index (χ2n) is 6.15. The fraction of sp³-hybridized carbons (Fsp3) is 0.100. The molecule has 132 valence electrons. The van der Waals surface area contributed by atoms with Crippen molar-refractivity contribution in [3.8, 4) is 23.4 Å². The van der Waals surface area contributed by atoms with Gasteiger partial charge in [-0.05, 0) is 55.3 Å². The molecule has 0 fully saturated rings. The van der Waals surface area contributed by atoms with E-state index in [9.17, 15) is 4.79 Å². The normalized spacial score (nSPS) is 10.7. The molecule has 3 heterocycles. The van der Waals surface area contributed by atoms with E-state index in [2.05, 4.69) is 21.0 Å². The first kappa shape index (κ1) is 16.5. The summed E-state index contributed by atoms with van der Waals surface area (Å²) in [6, 6.07) is 12.7. The molecule has 1 N–H and O–H groups in total. The average molecular weight is 357 g/mol. The molecule has 27 heavy (non-hydrogen) atoms. The quantitative estimate of drug-likeness (QED) is 0.606. The molecule has 1 aromatic carbocycles. The van der Waals surface area contributed by atoms with Crippen molar-refractivity contribution in [2.45, 2.75) is 13.8 Å². The van der Waals surface area contributed by atoms with Gasteiger partial charge in [0.1, 0.15) is 5.75 Å². The lowest BCUT2D eigenvalue weighted by molar-refractivity contribution is 0.456. The molecule has 0 spiro atoms. The van der Waals surface area contributed by atoms with Crippen LogP contribution in [0.2, 0.25) is 0 Å². The van der Waals surface area contributed by atoms with E-state index in [1.165, 1.54) is 4.57 Å². The fourth-order valence-corrected chi connectivity index (χ4v) is 3.03. The van der Waals surface area contributed by atoms with Gasteiger partial charge in [-0.1, -0.05) is 0 Å². The van der Waals surface area contributed by atoms with Gasteiger partial charge in [0.2, 0.25) is 5.88 Å². The summed E-state index contributed by atoms with van der Waals surface area (Å²) in [6.45, 7) is 3.77. The molecular weight excluding hydrogens is 342 g/mol. The van der Waals surface area contributed by atoms with E-state index >= 15 is 0 Å². The van der Waals surface area contributed by atoms with Crippen LogP contribution in [0.15, 0.2) is 53.6 Å². The standard InChI is InChI=1S/C20H15N5O2/c1-12-8-14(10-21)9-13(2)18(12)27-17-6-5-15(11-23-17)25-19-16(24-20(25)26)4-3-7-22-19/h3-9,11H,1-2H3,(H,24,26). The van der Waals surface area contributed by atoms with E-state index in [0.717, 1.165) is 11.1 Å². The Balaban J connectivity index is 1.68. The summed E-state index contributed by atoms with van der Waals surface area (Å²) in [5.41, 5.74) is 3.81. The van der Waals surface area contributed by atoms with Gasteiger partial charge in [-0.25, -0.2) is 19.3 Å². The van der Waals surface area contributed by atoms with Gasteiger partial charge in [0.15, 0.2) is 5.65 Å². The lowest BCUT2D eigenvalue weighted by Crippen LogP contribution is -2.15. The van der Waals surface area contributed by atoms with Gasteiger partial charge < -0.3 is 9.72 Å². The maximum absolute atomic E-state index is 12.2. The zero-order valence-corrected chi connectivity index (χ0v) is 14.7. The third-order valence-corrected chi connectivity index (χ3v) is 4.22. The first-order valence-electron chi connectivity index (χ1n) is 8.28. The largest absolute Gasteiger partial charge is 0.438 e. The summed E-state index contributed by atoms with van der Waals surface area (Å²) in [5, 5.41) is 9.05. The van der Waals surface area contributed by atoms with Crippen molar-refractivity contribution in [2.24, 2.45) is 0 Å². The van der Waals surface area contributed by atoms with E-state index in [-0.39, 0.29) is 5.69 Å². The molecule has 7 nitrogen and oxygen atoms in total. The van der Waals surface area contributed by atoms with Crippen LogP contribution in [0.3, 0.4) is 0 Å². The Morgan fingerprint density at radius 3 is 2.59 bits per heavy atom. The molecule has 0 aliphatic rings. The Morgan fingerprint density at radius 1 is 1.15 bits per heavy atom. The lowest BCUT2D eigenvalue weighted by atomic mass is 10.1. The highest BCUT2D eigenvalue weighted by Crippen LogP contribution is 2.29. The van der Waals surface area contributed by atoms with E-state index in [1.54, 1.807) is 48.8 Å². The van der Waals surface area contributed by atoms with Crippen molar-refractivity contribution in [1.29, 1.82) is 5.26 Å². The Labute approximate surface area is 154 Å². The minimum atomic E-state index is -0.280. The Kier molecular flexibility index (Phi) is 3.94. The molecule has 0 unspecified atom stereocenters. The van der Waals surface area contributed by atoms with Crippen molar-refractivity contribution in [3.63, 3.8) is 0 Å². The van der Waals surface area contributed by atoms with Crippen LogP contribution in [-0.2, 0) is 0 Å². The number of aromatic nitrogens is 4. The summed E-state index contributed by atoms with van der Waals surface area (Å²) in [7, 11) is 0. The minimum absolute atomic E-state index is 0.280. The van der Waals surface area contributed by atoms with Crippen molar-refractivity contribution < 1.29 is 4.74 Å². The molecule has 3 aromatic heterocycles. The molecule has 0 aliphatic heterocycles. The first-order chi connectivity index (χ1) is 13.1. The molecule has 0 radical (unpaired) electrons. The molecule has 0 bridgehead atoms. The first-order valence-corrected chi connectivity index (χ1v) is 8.28. The number of pyridine rings is 2. The van der Waals surface area contributed by atoms with Crippen LogP contribution in [-0.4, -0.2) is 19.5 Å². The molecule has 0 saturated heterocycles. The fourth-order valence-electron chi connectivity index (χ4n) is 3.03. The smallest absolute Gasteiger partial charge is 0.332 e. The lowest BCUT2D eigenvalue weighted by Gasteiger charge is -2.12. The number of aromatic amines is 1. The maximum atomic E-state index is 12.2. The Hall–Kier alpha value is -3.92. The van der Waals surface area contributed by atoms with Crippen molar-refractivity contribution in [2.75, 3.05) is 0 Å². The summed E-state index contributed by atoms with van der Waals surface area (Å²) in [6.07, 6.45) is 3.19. The summed E-state index contributed by atoms with van der Waals surface area (Å²) < 4.78 is 7.36. The zero-order chi connectivity index (χ0) is 19.0. The number of hydrogen-bond acceptors (Lipinski definition) is 5. The molecule has 4 aromatic rings. The molecular formula is C20H15N5O2. The second-order valence-corrected chi connectivity index (χ2v) is 6.15. The third kappa shape index (κ3) is 2.93. The highest BCUT2D eigenvalue weighted by atomic mass is 16.5. The monoisotopic (exact) mass is 357 g/mol. The molecule has 0 aliphatic carbocycles. The van der Waals surface area contributed by atoms with Gasteiger partial charge in [-0.15, -0.1) is 0 Å². The zero-order valence-electron chi connectivity index (χ0n) is 14.7. The van der Waals surface area contributed by atoms with Crippen LogP contribution in [0.5, 0.6) is 11.6 Å². The number of H-pyrrole nitrogens is 1. The maximum Gasteiger partial charge on any atom is 0.332 e. The van der Waals surface area contributed by atoms with Gasteiger partial charge >= 0.3 is 5.69 Å². The number of ether oxygens (including phenoxy) is 1. The van der Waals surface area contributed by atoms with Gasteiger partial charge in [-0.3, -0.25) is 0 Å². The summed E-state index contributed by atoms with van der Waals surface area (Å²) in [4.78, 5) is 23.6. The summed E-state index contributed by atoms with van der Waals surface area (Å²) >= 11 is 0. The van der Waals surface area contributed by atoms with Crippen molar-refractivity contribution in [3.05, 3.63) is 76.0 Å². The van der Waals surface area contributed by atoms with Crippen LogP contribution >= 0.6 is 0 Å². The number of aryl methyl sites for hydroxylation is 2. The highest BCUT2D eigenvalue weighted by Gasteiger charge is 2.12. The number of benzene rings is 1. The molecule has 0 atom stereocenters. The van der Waals surface area contributed by atoms with E-state index in [4.69, 9.17) is 10.00 Å². The number of rotatable bonds is 3. The SMILES string of the molecule is Cc1cc(C#N)cc(C)c1Oc1ccc(-n2c(=O)[nH]c3cccnc32)cn1. The van der Waals surface area contributed by atoms with Crippen molar-refractivity contribution in [1.82, 2.24) is 19.5 Å². The van der Waals surface area contributed by atoms with Crippen LogP contribution in [0.25, 0.3) is 16.9 Å². The number of nitriles is 1. The predicted molar refractivity (Wildman–Crippen MR) is 100 cm³/mol. The van der Waals surface area contributed by atoms with E-state index in [0.29, 0.717) is 34.0 Å². The van der Waals surface area contributed by atoms with E-state index < -0.39 is 0 Å². The number of imidazole rings is 1. The van der Waals surface area contributed by atoms with Gasteiger partial charge in [0.05, 0.1) is 29.0 Å². The van der Waals surface area contributed by atoms with E-state index in [1.807, 2.05) is 13.8 Å². The summed E-state index contributed by atoms with van der Waals surface area (Å²) in [5.74, 6) is 1.07. The van der Waals surface area contributed by atoms with Crippen molar-refractivity contribution >= 4 is 11.2 Å². The number of nitrogens with one attached hydrogen (secondary N) is 1. The number of hydrogen-bond donors (Lipinski definition) is 1. The third-order valence-electron chi connectivity index (χ3n) is 4.22. The van der Waals surface area contributed by atoms with Gasteiger partial charge in [0.25, 0.3) is 0 Å². The number of nitrogens with zero attached hydrogens (tertiary/aromatic N) is 4. The van der Waals surface area contributed by atoms with Crippen LogP contribution in [0, 0.1) is 25.2 Å². The molecule has 0 amide bonds. The predicted octanol–water partition coefficient (Wildman–Crippen LogP) is 3.39. The molecule has 4 rings (SSSR count). The van der Waals surface area contributed by atoms with Gasteiger partial charge in [-0.2, -0.15) is 5.26 Å². The van der Waals surface area contributed by atoms with Crippen LogP contribution in [0.1, 0.15) is 16.7 Å². The average Bonchev–Trinajstić information content (AvgIpc) is 3.00. The topological polar surface area (TPSA) is 96.6 Å². The molecule has 7 heteroatoms. The van der Waals surface area contributed by atoms with Crippen LogP contribution in [0.4, 0.5) is 0 Å². The van der Waals surface area contributed by atoms with Crippen LogP contribution < -0.4 is 10.4 Å². The Morgan fingerprint density at radius 2 is 1.93 bits per heavy atom. The number of fused-ring (bicyclic) bond motifs is 1. The molecule has 0 saturated carbocycles. The highest BCUT2D eigenvalue weighted by molar-refractivity contribution is 5.72.